The fourth-order valence-electron chi connectivity index (χ4n) is 3.09. The SMILES string of the molecule is COc1ccc(C(=O)CC(c2ccc(Br)cc2)C2CCC2)cn1. The molecular formula is C19H20BrNO2. The maximum absolute atomic E-state index is 12.6. The molecule has 120 valence electrons. The molecule has 23 heavy (non-hydrogen) atoms. The lowest BCUT2D eigenvalue weighted by Gasteiger charge is -2.34. The van der Waals surface area contributed by atoms with Crippen LogP contribution in [-0.4, -0.2) is 17.9 Å². The van der Waals surface area contributed by atoms with Gasteiger partial charge in [0.1, 0.15) is 0 Å². The van der Waals surface area contributed by atoms with Gasteiger partial charge in [-0.1, -0.05) is 34.5 Å². The van der Waals surface area contributed by atoms with Crippen LogP contribution in [0.4, 0.5) is 0 Å². The predicted molar refractivity (Wildman–Crippen MR) is 94.0 cm³/mol. The average Bonchev–Trinajstić information content (AvgIpc) is 2.53. The van der Waals surface area contributed by atoms with E-state index < -0.39 is 0 Å². The Kier molecular flexibility index (Phi) is 5.11. The van der Waals surface area contributed by atoms with E-state index in [0.717, 1.165) is 4.47 Å². The molecule has 1 aliphatic carbocycles. The molecule has 1 heterocycles. The van der Waals surface area contributed by atoms with Gasteiger partial charge in [0.05, 0.1) is 7.11 Å². The van der Waals surface area contributed by atoms with Crippen LogP contribution in [0.5, 0.6) is 5.88 Å². The molecule has 1 saturated carbocycles. The van der Waals surface area contributed by atoms with Gasteiger partial charge in [-0.25, -0.2) is 4.98 Å². The van der Waals surface area contributed by atoms with E-state index in [1.54, 1.807) is 25.4 Å². The van der Waals surface area contributed by atoms with E-state index >= 15 is 0 Å². The minimum atomic E-state index is 0.153. The number of Topliss-reactive ketones (excluding diaryl/α,β-unsaturated/α-hetero) is 1. The van der Waals surface area contributed by atoms with Crippen molar-refractivity contribution in [2.24, 2.45) is 5.92 Å². The number of aromatic nitrogens is 1. The zero-order chi connectivity index (χ0) is 16.2. The van der Waals surface area contributed by atoms with Crippen molar-refractivity contribution in [3.05, 3.63) is 58.2 Å². The largest absolute Gasteiger partial charge is 0.481 e. The Bertz CT molecular complexity index is 663. The third-order valence-electron chi connectivity index (χ3n) is 4.69. The minimum absolute atomic E-state index is 0.153. The molecule has 0 saturated heterocycles. The summed E-state index contributed by atoms with van der Waals surface area (Å²) in [5.41, 5.74) is 1.92. The Hall–Kier alpha value is -1.68. The molecule has 1 fully saturated rings. The lowest BCUT2D eigenvalue weighted by Crippen LogP contribution is -2.23. The van der Waals surface area contributed by atoms with E-state index in [1.165, 1.54) is 24.8 Å². The second-order valence-corrected chi connectivity index (χ2v) is 6.98. The van der Waals surface area contributed by atoms with Crippen LogP contribution in [-0.2, 0) is 0 Å². The predicted octanol–water partition coefficient (Wildman–Crippen LogP) is 5.01. The maximum Gasteiger partial charge on any atom is 0.212 e. The smallest absolute Gasteiger partial charge is 0.212 e. The van der Waals surface area contributed by atoms with Crippen LogP contribution in [0, 0.1) is 5.92 Å². The maximum atomic E-state index is 12.6. The second kappa shape index (κ2) is 7.26. The minimum Gasteiger partial charge on any atom is -0.481 e. The van der Waals surface area contributed by atoms with Gasteiger partial charge in [-0.2, -0.15) is 0 Å². The Balaban J connectivity index is 1.77. The van der Waals surface area contributed by atoms with Gasteiger partial charge in [0.2, 0.25) is 5.88 Å². The van der Waals surface area contributed by atoms with Crippen LogP contribution in [0.2, 0.25) is 0 Å². The molecule has 0 radical (unpaired) electrons. The number of benzene rings is 1. The summed E-state index contributed by atoms with van der Waals surface area (Å²) in [6.45, 7) is 0. The Morgan fingerprint density at radius 2 is 2.00 bits per heavy atom. The molecule has 0 aliphatic heterocycles. The average molecular weight is 374 g/mol. The van der Waals surface area contributed by atoms with Crippen molar-refractivity contribution in [3.63, 3.8) is 0 Å². The summed E-state index contributed by atoms with van der Waals surface area (Å²) in [5.74, 6) is 1.60. The summed E-state index contributed by atoms with van der Waals surface area (Å²) in [6, 6.07) is 11.9. The Labute approximate surface area is 145 Å². The number of hydrogen-bond acceptors (Lipinski definition) is 3. The van der Waals surface area contributed by atoms with E-state index in [4.69, 9.17) is 4.74 Å². The second-order valence-electron chi connectivity index (χ2n) is 6.07. The number of hydrogen-bond donors (Lipinski definition) is 0. The third-order valence-corrected chi connectivity index (χ3v) is 5.22. The van der Waals surface area contributed by atoms with E-state index in [1.807, 2.05) is 0 Å². The van der Waals surface area contributed by atoms with Gasteiger partial charge in [-0.3, -0.25) is 4.79 Å². The van der Waals surface area contributed by atoms with Crippen LogP contribution in [0.15, 0.2) is 47.1 Å². The molecule has 1 unspecified atom stereocenters. The molecule has 4 heteroatoms. The number of ether oxygens (including phenoxy) is 1. The highest BCUT2D eigenvalue weighted by molar-refractivity contribution is 9.10. The number of ketones is 1. The van der Waals surface area contributed by atoms with Crippen molar-refractivity contribution in [2.75, 3.05) is 7.11 Å². The molecule has 0 spiro atoms. The highest BCUT2D eigenvalue weighted by Crippen LogP contribution is 2.42. The fraction of sp³-hybridized carbons (Fsp3) is 0.368. The van der Waals surface area contributed by atoms with E-state index in [2.05, 4.69) is 45.2 Å². The summed E-state index contributed by atoms with van der Waals surface area (Å²) >= 11 is 3.48. The lowest BCUT2D eigenvalue weighted by atomic mass is 9.71. The normalized spacial score (nSPS) is 15.7. The van der Waals surface area contributed by atoms with Gasteiger partial charge in [0.15, 0.2) is 5.78 Å². The standard InChI is InChI=1S/C19H20BrNO2/c1-23-19-10-7-15(12-21-19)18(22)11-17(13-3-2-4-13)14-5-8-16(20)9-6-14/h5-10,12-13,17H,2-4,11H2,1H3. The molecular weight excluding hydrogens is 354 g/mol. The lowest BCUT2D eigenvalue weighted by molar-refractivity contribution is 0.0950. The summed E-state index contributed by atoms with van der Waals surface area (Å²) in [4.78, 5) is 16.8. The number of carbonyl (C=O) groups is 1. The van der Waals surface area contributed by atoms with Crippen molar-refractivity contribution in [1.82, 2.24) is 4.98 Å². The van der Waals surface area contributed by atoms with Crippen LogP contribution in [0.25, 0.3) is 0 Å². The molecule has 0 N–H and O–H groups in total. The summed E-state index contributed by atoms with van der Waals surface area (Å²) in [5, 5.41) is 0. The fourth-order valence-corrected chi connectivity index (χ4v) is 3.36. The zero-order valence-electron chi connectivity index (χ0n) is 13.2. The highest BCUT2D eigenvalue weighted by Gasteiger charge is 2.30. The van der Waals surface area contributed by atoms with Gasteiger partial charge in [-0.15, -0.1) is 0 Å². The van der Waals surface area contributed by atoms with Crippen molar-refractivity contribution in [2.45, 2.75) is 31.6 Å². The molecule has 1 aliphatic rings. The zero-order valence-corrected chi connectivity index (χ0v) is 14.8. The van der Waals surface area contributed by atoms with Crippen LogP contribution in [0.3, 0.4) is 0 Å². The summed E-state index contributed by atoms with van der Waals surface area (Å²) in [7, 11) is 1.57. The van der Waals surface area contributed by atoms with Crippen LogP contribution in [0.1, 0.15) is 47.5 Å². The Morgan fingerprint density at radius 1 is 1.26 bits per heavy atom. The van der Waals surface area contributed by atoms with Gasteiger partial charge in [-0.05, 0) is 48.4 Å². The van der Waals surface area contributed by atoms with Crippen LogP contribution < -0.4 is 4.74 Å². The molecule has 3 rings (SSSR count). The van der Waals surface area contributed by atoms with E-state index in [-0.39, 0.29) is 5.78 Å². The van der Waals surface area contributed by atoms with Crippen molar-refractivity contribution in [3.8, 4) is 5.88 Å². The molecule has 0 amide bonds. The first-order valence-electron chi connectivity index (χ1n) is 7.96. The third kappa shape index (κ3) is 3.81. The van der Waals surface area contributed by atoms with Crippen molar-refractivity contribution < 1.29 is 9.53 Å². The van der Waals surface area contributed by atoms with Gasteiger partial charge < -0.3 is 4.74 Å². The van der Waals surface area contributed by atoms with E-state index in [9.17, 15) is 4.79 Å². The van der Waals surface area contributed by atoms with Crippen molar-refractivity contribution in [1.29, 1.82) is 0 Å². The van der Waals surface area contributed by atoms with Gasteiger partial charge in [0, 0.05) is 28.7 Å². The topological polar surface area (TPSA) is 39.2 Å². The first-order valence-corrected chi connectivity index (χ1v) is 8.75. The number of nitrogens with zero attached hydrogens (tertiary/aromatic N) is 1. The molecule has 2 aromatic rings. The number of halogens is 1. The molecule has 3 nitrogen and oxygen atoms in total. The molecule has 1 aromatic heterocycles. The Morgan fingerprint density at radius 3 is 2.52 bits per heavy atom. The van der Waals surface area contributed by atoms with Crippen molar-refractivity contribution >= 4 is 21.7 Å². The van der Waals surface area contributed by atoms with Gasteiger partial charge in [0.25, 0.3) is 0 Å². The molecule has 0 bridgehead atoms. The highest BCUT2D eigenvalue weighted by atomic mass is 79.9. The van der Waals surface area contributed by atoms with E-state index in [0.29, 0.717) is 29.7 Å². The number of carbonyl (C=O) groups excluding carboxylic acids is 1. The number of pyridine rings is 1. The number of rotatable bonds is 6. The van der Waals surface area contributed by atoms with Crippen LogP contribution >= 0.6 is 15.9 Å². The molecule has 1 atom stereocenters. The first kappa shape index (κ1) is 16.2. The summed E-state index contributed by atoms with van der Waals surface area (Å²) in [6.07, 6.45) is 5.86. The van der Waals surface area contributed by atoms with Gasteiger partial charge >= 0.3 is 0 Å². The summed E-state index contributed by atoms with van der Waals surface area (Å²) < 4.78 is 6.12. The monoisotopic (exact) mass is 373 g/mol. The quantitative estimate of drug-likeness (QED) is 0.668. The first-order chi connectivity index (χ1) is 11.2. The molecule has 1 aromatic carbocycles. The number of methoxy groups -OCH3 is 1.